The molecule has 0 aromatic rings. The summed E-state index contributed by atoms with van der Waals surface area (Å²) in [6.07, 6.45) is 9.82. The number of hydrogen-bond donors (Lipinski definition) is 2. The lowest BCUT2D eigenvalue weighted by Crippen LogP contribution is -2.44. The van der Waals surface area contributed by atoms with E-state index in [1.54, 1.807) is 0 Å². The first kappa shape index (κ1) is 16.3. The zero-order chi connectivity index (χ0) is 14.4. The van der Waals surface area contributed by atoms with Gasteiger partial charge in [-0.15, -0.1) is 0 Å². The molecule has 0 amide bonds. The molecule has 1 saturated carbocycles. The number of aliphatic hydroxyl groups is 1. The number of rotatable bonds is 5. The second-order valence-corrected chi connectivity index (χ2v) is 7.26. The minimum atomic E-state index is -0.429. The molecule has 2 fully saturated rings. The van der Waals surface area contributed by atoms with E-state index in [0.29, 0.717) is 0 Å². The lowest BCUT2D eigenvalue weighted by atomic mass is 9.84. The first-order valence-electron chi connectivity index (χ1n) is 8.79. The molecule has 1 aliphatic heterocycles. The smallest absolute Gasteiger partial charge is 0.0632 e. The van der Waals surface area contributed by atoms with Crippen LogP contribution in [0.15, 0.2) is 0 Å². The lowest BCUT2D eigenvalue weighted by Gasteiger charge is -2.36. The van der Waals surface area contributed by atoms with Gasteiger partial charge < -0.3 is 15.3 Å². The van der Waals surface area contributed by atoms with Crippen LogP contribution in [-0.4, -0.2) is 47.8 Å². The normalized spacial score (nSPS) is 36.8. The predicted molar refractivity (Wildman–Crippen MR) is 85.0 cm³/mol. The fraction of sp³-hybridized carbons (Fsp3) is 1.00. The maximum absolute atomic E-state index is 10.2. The summed E-state index contributed by atoms with van der Waals surface area (Å²) in [5.41, 5.74) is -0.429. The third kappa shape index (κ3) is 5.01. The summed E-state index contributed by atoms with van der Waals surface area (Å²) in [6.45, 7) is 8.90. The van der Waals surface area contributed by atoms with Gasteiger partial charge in [0, 0.05) is 19.1 Å². The Morgan fingerprint density at radius 2 is 1.95 bits per heavy atom. The van der Waals surface area contributed by atoms with Crippen molar-refractivity contribution in [2.24, 2.45) is 5.92 Å². The van der Waals surface area contributed by atoms with Crippen LogP contribution in [0, 0.1) is 5.92 Å². The molecule has 0 aromatic carbocycles. The highest BCUT2D eigenvalue weighted by Crippen LogP contribution is 2.27. The Labute approximate surface area is 125 Å². The van der Waals surface area contributed by atoms with Crippen molar-refractivity contribution < 1.29 is 5.11 Å². The SMILES string of the molecule is CCCNC1CCCCC1CN1CCCC(C)(O)CC1. The van der Waals surface area contributed by atoms with Crippen molar-refractivity contribution >= 4 is 0 Å². The zero-order valence-corrected chi connectivity index (χ0v) is 13.5. The van der Waals surface area contributed by atoms with Gasteiger partial charge in [0.2, 0.25) is 0 Å². The van der Waals surface area contributed by atoms with Crippen molar-refractivity contribution in [2.45, 2.75) is 76.9 Å². The molecule has 3 heteroatoms. The van der Waals surface area contributed by atoms with Crippen LogP contribution >= 0.6 is 0 Å². The molecule has 2 rings (SSSR count). The first-order valence-corrected chi connectivity index (χ1v) is 8.79. The van der Waals surface area contributed by atoms with E-state index in [1.165, 1.54) is 45.2 Å². The molecule has 1 aliphatic carbocycles. The number of nitrogens with zero attached hydrogens (tertiary/aromatic N) is 1. The summed E-state index contributed by atoms with van der Waals surface area (Å²) < 4.78 is 0. The van der Waals surface area contributed by atoms with Gasteiger partial charge in [-0.3, -0.25) is 0 Å². The quantitative estimate of drug-likeness (QED) is 0.814. The average Bonchev–Trinajstić information content (AvgIpc) is 2.59. The third-order valence-corrected chi connectivity index (χ3v) is 5.21. The summed E-state index contributed by atoms with van der Waals surface area (Å²) in [5, 5.41) is 14.0. The van der Waals surface area contributed by atoms with Gasteiger partial charge in [-0.25, -0.2) is 0 Å². The maximum Gasteiger partial charge on any atom is 0.0632 e. The summed E-state index contributed by atoms with van der Waals surface area (Å²) in [7, 11) is 0. The number of likely N-dealkylation sites (tertiary alicyclic amines) is 1. The Morgan fingerprint density at radius 3 is 2.75 bits per heavy atom. The van der Waals surface area contributed by atoms with Crippen molar-refractivity contribution in [2.75, 3.05) is 26.2 Å². The van der Waals surface area contributed by atoms with E-state index in [2.05, 4.69) is 17.1 Å². The van der Waals surface area contributed by atoms with Gasteiger partial charge in [-0.2, -0.15) is 0 Å². The van der Waals surface area contributed by atoms with Crippen molar-refractivity contribution in [3.63, 3.8) is 0 Å². The fourth-order valence-corrected chi connectivity index (χ4v) is 3.86. The van der Waals surface area contributed by atoms with Crippen molar-refractivity contribution in [3.8, 4) is 0 Å². The number of hydrogen-bond acceptors (Lipinski definition) is 3. The van der Waals surface area contributed by atoms with Gasteiger partial charge in [-0.1, -0.05) is 19.8 Å². The minimum absolute atomic E-state index is 0.429. The molecule has 2 aliphatic rings. The molecule has 3 unspecified atom stereocenters. The van der Waals surface area contributed by atoms with E-state index in [4.69, 9.17) is 0 Å². The van der Waals surface area contributed by atoms with Crippen LogP contribution in [0.5, 0.6) is 0 Å². The Morgan fingerprint density at radius 1 is 1.15 bits per heavy atom. The topological polar surface area (TPSA) is 35.5 Å². The van der Waals surface area contributed by atoms with Crippen LogP contribution in [0.4, 0.5) is 0 Å². The molecule has 2 N–H and O–H groups in total. The van der Waals surface area contributed by atoms with Crippen molar-refractivity contribution in [1.82, 2.24) is 10.2 Å². The van der Waals surface area contributed by atoms with Crippen LogP contribution in [0.1, 0.15) is 65.2 Å². The summed E-state index contributed by atoms with van der Waals surface area (Å²) in [5.74, 6) is 0.818. The number of nitrogens with one attached hydrogen (secondary N) is 1. The zero-order valence-electron chi connectivity index (χ0n) is 13.5. The lowest BCUT2D eigenvalue weighted by molar-refractivity contribution is 0.0436. The van der Waals surface area contributed by atoms with Gasteiger partial charge in [0.1, 0.15) is 0 Å². The Hall–Kier alpha value is -0.120. The van der Waals surface area contributed by atoms with Crippen LogP contribution in [0.3, 0.4) is 0 Å². The van der Waals surface area contributed by atoms with Crippen molar-refractivity contribution in [3.05, 3.63) is 0 Å². The summed E-state index contributed by atoms with van der Waals surface area (Å²) in [6, 6.07) is 0.729. The maximum atomic E-state index is 10.2. The van der Waals surface area contributed by atoms with Crippen LogP contribution < -0.4 is 5.32 Å². The largest absolute Gasteiger partial charge is 0.390 e. The van der Waals surface area contributed by atoms with Gasteiger partial charge in [0.05, 0.1) is 5.60 Å². The Bertz CT molecular complexity index is 280. The van der Waals surface area contributed by atoms with E-state index in [1.807, 2.05) is 6.92 Å². The molecule has 0 aromatic heterocycles. The second kappa shape index (κ2) is 7.77. The minimum Gasteiger partial charge on any atom is -0.390 e. The van der Waals surface area contributed by atoms with E-state index in [0.717, 1.165) is 44.3 Å². The predicted octanol–water partition coefficient (Wildman–Crippen LogP) is 2.78. The third-order valence-electron chi connectivity index (χ3n) is 5.21. The summed E-state index contributed by atoms with van der Waals surface area (Å²) >= 11 is 0. The highest BCUT2D eigenvalue weighted by Gasteiger charge is 2.29. The Kier molecular flexibility index (Phi) is 6.31. The monoisotopic (exact) mass is 282 g/mol. The molecule has 0 spiro atoms. The van der Waals surface area contributed by atoms with Gasteiger partial charge in [0.25, 0.3) is 0 Å². The molecule has 1 heterocycles. The fourth-order valence-electron chi connectivity index (χ4n) is 3.86. The van der Waals surface area contributed by atoms with Crippen LogP contribution in [0.25, 0.3) is 0 Å². The highest BCUT2D eigenvalue weighted by molar-refractivity contribution is 4.85. The van der Waals surface area contributed by atoms with Crippen molar-refractivity contribution in [1.29, 1.82) is 0 Å². The highest BCUT2D eigenvalue weighted by atomic mass is 16.3. The van der Waals surface area contributed by atoms with Crippen LogP contribution in [-0.2, 0) is 0 Å². The molecule has 3 nitrogen and oxygen atoms in total. The average molecular weight is 282 g/mol. The second-order valence-electron chi connectivity index (χ2n) is 7.26. The Balaban J connectivity index is 1.83. The van der Waals surface area contributed by atoms with Gasteiger partial charge in [-0.05, 0) is 64.5 Å². The van der Waals surface area contributed by atoms with Gasteiger partial charge >= 0.3 is 0 Å². The standard InChI is InChI=1S/C17H34N2O/c1-3-11-18-16-8-5-4-7-15(16)14-19-12-6-9-17(2,20)10-13-19/h15-16,18,20H,3-14H2,1-2H3. The molecule has 0 radical (unpaired) electrons. The van der Waals surface area contributed by atoms with E-state index in [9.17, 15) is 5.11 Å². The van der Waals surface area contributed by atoms with E-state index >= 15 is 0 Å². The molecule has 3 atom stereocenters. The molecule has 1 saturated heterocycles. The molecular formula is C17H34N2O. The van der Waals surface area contributed by atoms with Gasteiger partial charge in [0.15, 0.2) is 0 Å². The van der Waals surface area contributed by atoms with E-state index in [-0.39, 0.29) is 0 Å². The molecule has 20 heavy (non-hydrogen) atoms. The molecule has 118 valence electrons. The van der Waals surface area contributed by atoms with E-state index < -0.39 is 5.60 Å². The molecular weight excluding hydrogens is 248 g/mol. The van der Waals surface area contributed by atoms with Crippen LogP contribution in [0.2, 0.25) is 0 Å². The summed E-state index contributed by atoms with van der Waals surface area (Å²) in [4.78, 5) is 2.61. The molecule has 0 bridgehead atoms. The first-order chi connectivity index (χ1) is 9.61.